The molecule has 4 rings (SSSR count). The van der Waals surface area contributed by atoms with Gasteiger partial charge in [-0.15, -0.1) is 0 Å². The third-order valence-electron chi connectivity index (χ3n) is 5.49. The van der Waals surface area contributed by atoms with E-state index in [0.29, 0.717) is 37.4 Å². The zero-order valence-corrected chi connectivity index (χ0v) is 18.5. The lowest BCUT2D eigenvalue weighted by Gasteiger charge is -2.33. The van der Waals surface area contributed by atoms with E-state index in [4.69, 9.17) is 19.8 Å². The van der Waals surface area contributed by atoms with E-state index in [1.807, 2.05) is 17.7 Å². The number of anilines is 3. The van der Waals surface area contributed by atoms with Crippen molar-refractivity contribution in [2.45, 2.75) is 46.2 Å². The third kappa shape index (κ3) is 4.75. The minimum Gasteiger partial charge on any atom is -0.380 e. The van der Waals surface area contributed by atoms with Crippen molar-refractivity contribution in [3.63, 3.8) is 0 Å². The number of fused-ring (bicyclic) bond motifs is 1. The van der Waals surface area contributed by atoms with Crippen LogP contribution in [-0.2, 0) is 17.7 Å². The lowest BCUT2D eigenvalue weighted by atomic mass is 10.1. The summed E-state index contributed by atoms with van der Waals surface area (Å²) in [6.45, 7) is 10.9. The van der Waals surface area contributed by atoms with Crippen molar-refractivity contribution in [3.8, 4) is 0 Å². The predicted octanol–water partition coefficient (Wildman–Crippen LogP) is 2.15. The van der Waals surface area contributed by atoms with Gasteiger partial charge in [0, 0.05) is 38.5 Å². The van der Waals surface area contributed by atoms with Crippen molar-refractivity contribution in [1.82, 2.24) is 35.0 Å². The maximum Gasteiger partial charge on any atom is 0.228 e. The van der Waals surface area contributed by atoms with Crippen LogP contribution in [0.2, 0.25) is 0 Å². The first-order valence-corrected chi connectivity index (χ1v) is 11.1. The zero-order valence-electron chi connectivity index (χ0n) is 18.5. The van der Waals surface area contributed by atoms with E-state index in [9.17, 15) is 0 Å². The van der Waals surface area contributed by atoms with Gasteiger partial charge in [-0.05, 0) is 25.8 Å². The summed E-state index contributed by atoms with van der Waals surface area (Å²) in [7, 11) is 0. The van der Waals surface area contributed by atoms with Gasteiger partial charge in [-0.25, -0.2) is 15.0 Å². The molecule has 4 heterocycles. The van der Waals surface area contributed by atoms with Crippen molar-refractivity contribution in [2.75, 3.05) is 43.1 Å². The predicted molar refractivity (Wildman–Crippen MR) is 121 cm³/mol. The van der Waals surface area contributed by atoms with Crippen molar-refractivity contribution >= 4 is 28.6 Å². The van der Waals surface area contributed by atoms with Gasteiger partial charge in [0.2, 0.25) is 5.95 Å². The Hall–Kier alpha value is -2.85. The highest BCUT2D eigenvalue weighted by Crippen LogP contribution is 2.29. The van der Waals surface area contributed by atoms with Crippen LogP contribution in [0.4, 0.5) is 17.6 Å². The molecule has 1 unspecified atom stereocenters. The Bertz CT molecular complexity index is 991. The summed E-state index contributed by atoms with van der Waals surface area (Å²) in [4.78, 5) is 20.5. The smallest absolute Gasteiger partial charge is 0.228 e. The van der Waals surface area contributed by atoms with Crippen LogP contribution in [-0.4, -0.2) is 68.6 Å². The molecular formula is C21H31N9O. The van der Waals surface area contributed by atoms with Gasteiger partial charge in [-0.1, -0.05) is 13.8 Å². The average molecular weight is 426 g/mol. The second-order valence-electron chi connectivity index (χ2n) is 7.51. The Morgan fingerprint density at radius 3 is 2.90 bits per heavy atom. The number of piperazine rings is 1. The maximum atomic E-state index is 5.57. The Morgan fingerprint density at radius 1 is 1.26 bits per heavy atom. The minimum absolute atomic E-state index is 0.436. The molecule has 10 heteroatoms. The highest BCUT2D eigenvalue weighted by atomic mass is 16.5. The van der Waals surface area contributed by atoms with Crippen molar-refractivity contribution in [3.05, 3.63) is 24.3 Å². The summed E-state index contributed by atoms with van der Waals surface area (Å²) in [5.74, 6) is 2.11. The first-order valence-electron chi connectivity index (χ1n) is 11.1. The summed E-state index contributed by atoms with van der Waals surface area (Å²) in [6, 6.07) is 2.26. The maximum absolute atomic E-state index is 5.57. The number of ether oxygens (including phenoxy) is 1. The zero-order chi connectivity index (χ0) is 21.6. The number of aryl methyl sites for hydroxylation is 1. The van der Waals surface area contributed by atoms with Crippen LogP contribution in [0.3, 0.4) is 0 Å². The Morgan fingerprint density at radius 2 is 2.16 bits per heavy atom. The molecule has 0 saturated carbocycles. The summed E-state index contributed by atoms with van der Waals surface area (Å²) in [5, 5.41) is 11.8. The Kier molecular flexibility index (Phi) is 6.88. The molecule has 2 N–H and O–H groups in total. The van der Waals surface area contributed by atoms with Gasteiger partial charge in [0.15, 0.2) is 5.82 Å². The van der Waals surface area contributed by atoms with Crippen LogP contribution in [0.1, 0.15) is 32.9 Å². The standard InChI is InChI=1S/C21H31N9O/c1-4-15-13-29(10-9-23-15)21-26-18-16(5-2)28-30(11-12-31-6-3)19(18)20(27-21)25-17-7-8-22-14-24-17/h7-8,14-15,23H,4-6,9-13H2,1-3H3,(H,22,24,25,26,27). The van der Waals surface area contributed by atoms with E-state index >= 15 is 0 Å². The SMILES string of the molecule is CCOCCn1nc(CC)c2nc(N3CCNC(CC)C3)nc(Nc3ccncn3)c21. The molecule has 3 aromatic heterocycles. The number of hydrogen-bond acceptors (Lipinski definition) is 9. The molecule has 3 aromatic rings. The van der Waals surface area contributed by atoms with Gasteiger partial charge in [0.25, 0.3) is 0 Å². The monoisotopic (exact) mass is 425 g/mol. The Labute approximate surface area is 182 Å². The van der Waals surface area contributed by atoms with Crippen LogP contribution < -0.4 is 15.5 Å². The quantitative estimate of drug-likeness (QED) is 0.499. The Balaban J connectivity index is 1.79. The minimum atomic E-state index is 0.436. The van der Waals surface area contributed by atoms with E-state index in [-0.39, 0.29) is 0 Å². The van der Waals surface area contributed by atoms with E-state index in [1.54, 1.807) is 6.20 Å². The summed E-state index contributed by atoms with van der Waals surface area (Å²) >= 11 is 0. The molecule has 166 valence electrons. The molecule has 0 aromatic carbocycles. The number of hydrogen-bond donors (Lipinski definition) is 2. The molecule has 0 aliphatic carbocycles. The molecule has 1 aliphatic rings. The molecule has 1 fully saturated rings. The third-order valence-corrected chi connectivity index (χ3v) is 5.49. The highest BCUT2D eigenvalue weighted by Gasteiger charge is 2.24. The number of nitrogens with one attached hydrogen (secondary N) is 2. The first-order chi connectivity index (χ1) is 15.2. The fourth-order valence-corrected chi connectivity index (χ4v) is 3.82. The molecule has 31 heavy (non-hydrogen) atoms. The van der Waals surface area contributed by atoms with Crippen LogP contribution in [0.25, 0.3) is 11.0 Å². The first kappa shape index (κ1) is 21.4. The van der Waals surface area contributed by atoms with Crippen LogP contribution in [0.15, 0.2) is 18.6 Å². The van der Waals surface area contributed by atoms with Crippen LogP contribution >= 0.6 is 0 Å². The van der Waals surface area contributed by atoms with Gasteiger partial charge in [-0.2, -0.15) is 10.1 Å². The molecule has 0 bridgehead atoms. The second kappa shape index (κ2) is 9.97. The fourth-order valence-electron chi connectivity index (χ4n) is 3.82. The van der Waals surface area contributed by atoms with E-state index in [0.717, 1.165) is 55.2 Å². The number of nitrogens with zero attached hydrogens (tertiary/aromatic N) is 7. The van der Waals surface area contributed by atoms with Crippen LogP contribution in [0, 0.1) is 0 Å². The molecule has 1 saturated heterocycles. The highest BCUT2D eigenvalue weighted by molar-refractivity contribution is 5.90. The molecular weight excluding hydrogens is 394 g/mol. The molecule has 10 nitrogen and oxygen atoms in total. The fraction of sp³-hybridized carbons (Fsp3) is 0.571. The number of rotatable bonds is 9. The molecule has 1 atom stereocenters. The summed E-state index contributed by atoms with van der Waals surface area (Å²) in [5.41, 5.74) is 2.72. The van der Waals surface area contributed by atoms with Gasteiger partial charge in [-0.3, -0.25) is 4.68 Å². The van der Waals surface area contributed by atoms with E-state index < -0.39 is 0 Å². The van der Waals surface area contributed by atoms with Crippen molar-refractivity contribution in [2.24, 2.45) is 0 Å². The van der Waals surface area contributed by atoms with Crippen molar-refractivity contribution in [1.29, 1.82) is 0 Å². The lowest BCUT2D eigenvalue weighted by molar-refractivity contribution is 0.137. The largest absolute Gasteiger partial charge is 0.380 e. The number of aromatic nitrogens is 6. The summed E-state index contributed by atoms with van der Waals surface area (Å²) < 4.78 is 7.52. The van der Waals surface area contributed by atoms with Gasteiger partial charge in [0.1, 0.15) is 23.2 Å². The van der Waals surface area contributed by atoms with Gasteiger partial charge >= 0.3 is 0 Å². The van der Waals surface area contributed by atoms with E-state index in [1.165, 1.54) is 6.33 Å². The molecule has 0 amide bonds. The van der Waals surface area contributed by atoms with Gasteiger partial charge < -0.3 is 20.3 Å². The summed E-state index contributed by atoms with van der Waals surface area (Å²) in [6.07, 6.45) is 5.09. The lowest BCUT2D eigenvalue weighted by Crippen LogP contribution is -2.51. The molecule has 0 radical (unpaired) electrons. The molecule has 1 aliphatic heterocycles. The second-order valence-corrected chi connectivity index (χ2v) is 7.51. The average Bonchev–Trinajstić information content (AvgIpc) is 3.18. The van der Waals surface area contributed by atoms with E-state index in [2.05, 4.69) is 39.3 Å². The normalized spacial score (nSPS) is 16.7. The van der Waals surface area contributed by atoms with Gasteiger partial charge in [0.05, 0.1) is 18.8 Å². The van der Waals surface area contributed by atoms with Crippen LogP contribution in [0.5, 0.6) is 0 Å². The van der Waals surface area contributed by atoms with Crippen molar-refractivity contribution < 1.29 is 4.74 Å². The molecule has 0 spiro atoms. The topological polar surface area (TPSA) is 106 Å².